The summed E-state index contributed by atoms with van der Waals surface area (Å²) in [4.78, 5) is 19.3. The lowest BCUT2D eigenvalue weighted by atomic mass is 10.0. The Hall–Kier alpha value is -1.69. The second kappa shape index (κ2) is 4.29. The van der Waals surface area contributed by atoms with E-state index >= 15 is 0 Å². The number of hydrogen-bond donors (Lipinski definition) is 2. The number of carbonyl (C=O) groups excluding carboxylic acids is 1. The quantitative estimate of drug-likeness (QED) is 0.866. The molecular weight excluding hydrogens is 236 g/mol. The normalized spacial score (nSPS) is 11.6. The molecule has 0 saturated carbocycles. The molecule has 5 nitrogen and oxygen atoms in total. The zero-order chi connectivity index (χ0) is 12.5. The van der Waals surface area contributed by atoms with Crippen LogP contribution < -0.4 is 11.1 Å². The number of carbonyl (C=O) groups is 1. The van der Waals surface area contributed by atoms with Gasteiger partial charge in [0, 0.05) is 12.0 Å². The number of anilines is 1. The highest BCUT2D eigenvalue weighted by Crippen LogP contribution is 2.27. The van der Waals surface area contributed by atoms with Gasteiger partial charge in [-0.1, -0.05) is 0 Å². The number of fused-ring (bicyclic) bond motifs is 1. The molecule has 3 N–H and O–H groups in total. The molecule has 0 atom stereocenters. The van der Waals surface area contributed by atoms with Gasteiger partial charge in [0.25, 0.3) is 0 Å². The number of nitrogens with one attached hydrogen (secondary N) is 1. The lowest BCUT2D eigenvalue weighted by Crippen LogP contribution is -2.36. The molecule has 0 spiro atoms. The van der Waals surface area contributed by atoms with Gasteiger partial charge >= 0.3 is 0 Å². The molecule has 2 rings (SSSR count). The summed E-state index contributed by atoms with van der Waals surface area (Å²) < 4.78 is 0.991. The Kier molecular flexibility index (Phi) is 2.97. The molecule has 0 aliphatic heterocycles. The second-order valence-electron chi connectivity index (χ2n) is 4.51. The number of thiophene rings is 1. The minimum atomic E-state index is -0.420. The van der Waals surface area contributed by atoms with Crippen molar-refractivity contribution in [3.8, 4) is 0 Å². The number of nitrogens with two attached hydrogens (primary N) is 1. The van der Waals surface area contributed by atoms with Gasteiger partial charge in [-0.15, -0.1) is 11.3 Å². The number of rotatable bonds is 4. The summed E-state index contributed by atoms with van der Waals surface area (Å²) in [6, 6.07) is 1.94. The van der Waals surface area contributed by atoms with Gasteiger partial charge in [-0.05, 0) is 25.3 Å². The van der Waals surface area contributed by atoms with Crippen molar-refractivity contribution >= 4 is 33.3 Å². The van der Waals surface area contributed by atoms with E-state index in [1.807, 2.05) is 25.3 Å². The summed E-state index contributed by atoms with van der Waals surface area (Å²) in [6.07, 6.45) is 1.77. The highest BCUT2D eigenvalue weighted by Gasteiger charge is 2.22. The zero-order valence-corrected chi connectivity index (χ0v) is 10.5. The first kappa shape index (κ1) is 11.8. The van der Waals surface area contributed by atoms with E-state index in [0.29, 0.717) is 0 Å². The lowest BCUT2D eigenvalue weighted by molar-refractivity contribution is -0.118. The van der Waals surface area contributed by atoms with Crippen LogP contribution in [0.2, 0.25) is 0 Å². The Morgan fingerprint density at radius 1 is 1.53 bits per heavy atom. The number of aromatic nitrogens is 2. The monoisotopic (exact) mass is 250 g/mol. The molecule has 0 bridgehead atoms. The average molecular weight is 250 g/mol. The molecule has 0 fully saturated rings. The van der Waals surface area contributed by atoms with Gasteiger partial charge in [-0.2, -0.15) is 0 Å². The van der Waals surface area contributed by atoms with E-state index in [1.54, 1.807) is 11.3 Å². The topological polar surface area (TPSA) is 80.9 Å². The molecule has 2 aromatic rings. The van der Waals surface area contributed by atoms with E-state index in [4.69, 9.17) is 5.73 Å². The Morgan fingerprint density at radius 3 is 3.00 bits per heavy atom. The van der Waals surface area contributed by atoms with Crippen molar-refractivity contribution in [3.05, 3.63) is 17.8 Å². The summed E-state index contributed by atoms with van der Waals surface area (Å²) in [6.45, 7) is 3.83. The van der Waals surface area contributed by atoms with Gasteiger partial charge in [-0.3, -0.25) is 4.79 Å². The largest absolute Gasteiger partial charge is 0.370 e. The van der Waals surface area contributed by atoms with Crippen LogP contribution >= 0.6 is 11.3 Å². The minimum absolute atomic E-state index is 0.254. The summed E-state index contributed by atoms with van der Waals surface area (Å²) in [5, 5.41) is 5.20. The first-order valence-corrected chi connectivity index (χ1v) is 6.11. The van der Waals surface area contributed by atoms with E-state index in [2.05, 4.69) is 15.3 Å². The van der Waals surface area contributed by atoms with Crippen LogP contribution in [0.1, 0.15) is 20.3 Å². The maximum atomic E-state index is 11.0. The van der Waals surface area contributed by atoms with E-state index in [9.17, 15) is 4.79 Å². The van der Waals surface area contributed by atoms with E-state index in [1.165, 1.54) is 6.33 Å². The smallest absolute Gasteiger partial charge is 0.219 e. The van der Waals surface area contributed by atoms with Gasteiger partial charge in [-0.25, -0.2) is 9.97 Å². The third kappa shape index (κ3) is 2.71. The number of hydrogen-bond acceptors (Lipinski definition) is 5. The molecule has 17 heavy (non-hydrogen) atoms. The van der Waals surface area contributed by atoms with Gasteiger partial charge in [0.15, 0.2) is 0 Å². The van der Waals surface area contributed by atoms with Crippen LogP contribution in [-0.4, -0.2) is 21.4 Å². The van der Waals surface area contributed by atoms with Crippen LogP contribution in [0.25, 0.3) is 10.2 Å². The average Bonchev–Trinajstić information content (AvgIpc) is 2.63. The highest BCUT2D eigenvalue weighted by molar-refractivity contribution is 7.17. The molecule has 2 aromatic heterocycles. The third-order valence-corrected chi connectivity index (χ3v) is 3.23. The molecule has 90 valence electrons. The molecule has 1 amide bonds. The molecule has 2 heterocycles. The lowest BCUT2D eigenvalue weighted by Gasteiger charge is -2.25. The van der Waals surface area contributed by atoms with E-state index < -0.39 is 5.54 Å². The van der Waals surface area contributed by atoms with Gasteiger partial charge in [0.2, 0.25) is 5.91 Å². The number of primary amides is 1. The molecule has 0 aliphatic carbocycles. The maximum Gasteiger partial charge on any atom is 0.219 e. The molecule has 0 saturated heterocycles. The van der Waals surface area contributed by atoms with Crippen molar-refractivity contribution < 1.29 is 4.79 Å². The fraction of sp³-hybridized carbons (Fsp3) is 0.364. The fourth-order valence-electron chi connectivity index (χ4n) is 1.68. The van der Waals surface area contributed by atoms with Crippen molar-refractivity contribution in [2.24, 2.45) is 5.73 Å². The summed E-state index contributed by atoms with van der Waals surface area (Å²) in [5.41, 5.74) is 5.70. The molecular formula is C11H14N4OS. The van der Waals surface area contributed by atoms with Crippen LogP contribution in [0.4, 0.5) is 5.82 Å². The minimum Gasteiger partial charge on any atom is -0.370 e. The Labute approximate surface area is 103 Å². The number of amides is 1. The predicted octanol–water partition coefficient (Wildman–Crippen LogP) is 1.76. The Morgan fingerprint density at radius 2 is 2.29 bits per heavy atom. The van der Waals surface area contributed by atoms with Crippen LogP contribution in [0.15, 0.2) is 17.8 Å². The van der Waals surface area contributed by atoms with Crippen LogP contribution in [-0.2, 0) is 4.79 Å². The fourth-order valence-corrected chi connectivity index (χ4v) is 2.47. The van der Waals surface area contributed by atoms with Crippen molar-refractivity contribution in [2.45, 2.75) is 25.8 Å². The van der Waals surface area contributed by atoms with Gasteiger partial charge in [0.1, 0.15) is 12.1 Å². The molecule has 6 heteroatoms. The molecule has 0 unspecified atom stereocenters. The first-order valence-electron chi connectivity index (χ1n) is 5.23. The second-order valence-corrected chi connectivity index (χ2v) is 5.43. The summed E-state index contributed by atoms with van der Waals surface area (Å²) >= 11 is 1.57. The third-order valence-electron chi connectivity index (χ3n) is 2.32. The van der Waals surface area contributed by atoms with Gasteiger partial charge in [0.05, 0.1) is 10.2 Å². The summed E-state index contributed by atoms with van der Waals surface area (Å²) in [5.74, 6) is 0.412. The van der Waals surface area contributed by atoms with Crippen LogP contribution in [0.5, 0.6) is 0 Å². The highest BCUT2D eigenvalue weighted by atomic mass is 32.1. The van der Waals surface area contributed by atoms with Crippen molar-refractivity contribution in [1.82, 2.24) is 9.97 Å². The standard InChI is InChI=1S/C11H14N4OS/c1-11(2,5-8(12)16)15-10-9-7(3-4-17-9)13-6-14-10/h3-4,6H,5H2,1-2H3,(H2,12,16)(H,13,14,15). The molecule has 0 aromatic carbocycles. The molecule has 0 radical (unpaired) electrons. The van der Waals surface area contributed by atoms with Crippen LogP contribution in [0.3, 0.4) is 0 Å². The van der Waals surface area contributed by atoms with Crippen molar-refractivity contribution in [3.63, 3.8) is 0 Å². The maximum absolute atomic E-state index is 11.0. The SMILES string of the molecule is CC(C)(CC(N)=O)Nc1ncnc2ccsc12. The first-order chi connectivity index (χ1) is 7.98. The Balaban J connectivity index is 2.29. The predicted molar refractivity (Wildman–Crippen MR) is 68.9 cm³/mol. The van der Waals surface area contributed by atoms with Crippen molar-refractivity contribution in [2.75, 3.05) is 5.32 Å². The van der Waals surface area contributed by atoms with Crippen molar-refractivity contribution in [1.29, 1.82) is 0 Å². The van der Waals surface area contributed by atoms with Crippen LogP contribution in [0, 0.1) is 0 Å². The Bertz CT molecular complexity index is 549. The van der Waals surface area contributed by atoms with E-state index in [0.717, 1.165) is 16.0 Å². The van der Waals surface area contributed by atoms with Gasteiger partial charge < -0.3 is 11.1 Å². The summed E-state index contributed by atoms with van der Waals surface area (Å²) in [7, 11) is 0. The zero-order valence-electron chi connectivity index (χ0n) is 9.73. The molecule has 0 aliphatic rings. The van der Waals surface area contributed by atoms with E-state index in [-0.39, 0.29) is 12.3 Å². The number of nitrogens with zero attached hydrogens (tertiary/aromatic N) is 2.